The van der Waals surface area contributed by atoms with E-state index in [4.69, 9.17) is 0 Å². The molecule has 8 heteroatoms. The summed E-state index contributed by atoms with van der Waals surface area (Å²) in [5.41, 5.74) is 1.26. The van der Waals surface area contributed by atoms with Gasteiger partial charge in [-0.1, -0.05) is 28.1 Å². The SMILES string of the molecule is O=C(CCNC(=O)c1ccc(Br)cc1)NCc1ccc(OC(F)F)cc1. The molecule has 0 unspecified atom stereocenters. The summed E-state index contributed by atoms with van der Waals surface area (Å²) in [6.45, 7) is -2.40. The van der Waals surface area contributed by atoms with Crippen LogP contribution in [0.4, 0.5) is 8.78 Å². The van der Waals surface area contributed by atoms with Gasteiger partial charge >= 0.3 is 6.61 Å². The van der Waals surface area contributed by atoms with E-state index in [2.05, 4.69) is 31.3 Å². The fraction of sp³-hybridized carbons (Fsp3) is 0.222. The lowest BCUT2D eigenvalue weighted by Crippen LogP contribution is -2.30. The third-order valence-electron chi connectivity index (χ3n) is 3.38. The van der Waals surface area contributed by atoms with E-state index in [0.717, 1.165) is 10.0 Å². The lowest BCUT2D eigenvalue weighted by Gasteiger charge is -2.08. The van der Waals surface area contributed by atoms with Gasteiger partial charge in [0.25, 0.3) is 5.91 Å². The number of rotatable bonds is 8. The number of ether oxygens (including phenoxy) is 1. The number of alkyl halides is 2. The normalized spacial score (nSPS) is 10.5. The highest BCUT2D eigenvalue weighted by atomic mass is 79.9. The molecule has 26 heavy (non-hydrogen) atoms. The maximum Gasteiger partial charge on any atom is 0.387 e. The van der Waals surface area contributed by atoms with Gasteiger partial charge < -0.3 is 15.4 Å². The molecule has 0 spiro atoms. The van der Waals surface area contributed by atoms with Crippen molar-refractivity contribution in [3.05, 3.63) is 64.1 Å². The molecule has 0 saturated heterocycles. The van der Waals surface area contributed by atoms with Gasteiger partial charge in [0.1, 0.15) is 5.75 Å². The van der Waals surface area contributed by atoms with E-state index in [9.17, 15) is 18.4 Å². The number of halogens is 3. The monoisotopic (exact) mass is 426 g/mol. The first-order valence-corrected chi connectivity index (χ1v) is 8.57. The molecule has 0 aliphatic carbocycles. The van der Waals surface area contributed by atoms with Crippen molar-refractivity contribution in [2.45, 2.75) is 19.6 Å². The van der Waals surface area contributed by atoms with Gasteiger partial charge in [-0.15, -0.1) is 0 Å². The summed E-state index contributed by atoms with van der Waals surface area (Å²) in [7, 11) is 0. The van der Waals surface area contributed by atoms with E-state index >= 15 is 0 Å². The van der Waals surface area contributed by atoms with Crippen molar-refractivity contribution in [1.82, 2.24) is 10.6 Å². The Kier molecular flexibility index (Phi) is 7.53. The smallest absolute Gasteiger partial charge is 0.387 e. The summed E-state index contributed by atoms with van der Waals surface area (Å²) in [5.74, 6) is -0.417. The lowest BCUT2D eigenvalue weighted by atomic mass is 10.2. The predicted molar refractivity (Wildman–Crippen MR) is 96.0 cm³/mol. The van der Waals surface area contributed by atoms with Crippen LogP contribution in [0.2, 0.25) is 0 Å². The van der Waals surface area contributed by atoms with Gasteiger partial charge in [-0.3, -0.25) is 9.59 Å². The summed E-state index contributed by atoms with van der Waals surface area (Å²) in [6, 6.07) is 12.9. The largest absolute Gasteiger partial charge is 0.435 e. The summed E-state index contributed by atoms with van der Waals surface area (Å²) < 4.78 is 29.3. The van der Waals surface area contributed by atoms with Gasteiger partial charge in [-0.25, -0.2) is 0 Å². The second-order valence-electron chi connectivity index (χ2n) is 5.31. The fourth-order valence-electron chi connectivity index (χ4n) is 2.07. The zero-order valence-corrected chi connectivity index (χ0v) is 15.3. The standard InChI is InChI=1S/C18H17BrF2N2O3/c19-14-5-3-13(4-6-14)17(25)22-10-9-16(24)23-11-12-1-7-15(8-2-12)26-18(20)21/h1-8,18H,9-11H2,(H,22,25)(H,23,24). The summed E-state index contributed by atoms with van der Waals surface area (Å²) >= 11 is 3.29. The van der Waals surface area contributed by atoms with E-state index in [-0.39, 0.29) is 37.1 Å². The Hall–Kier alpha value is -2.48. The zero-order chi connectivity index (χ0) is 18.9. The molecule has 0 aliphatic heterocycles. The van der Waals surface area contributed by atoms with Crippen molar-refractivity contribution in [2.75, 3.05) is 6.54 Å². The van der Waals surface area contributed by atoms with Crippen LogP contribution < -0.4 is 15.4 Å². The lowest BCUT2D eigenvalue weighted by molar-refractivity contribution is -0.121. The second-order valence-corrected chi connectivity index (χ2v) is 6.23. The molecule has 0 bridgehead atoms. The molecule has 2 aromatic carbocycles. The molecular weight excluding hydrogens is 410 g/mol. The van der Waals surface area contributed by atoms with Crippen LogP contribution in [0, 0.1) is 0 Å². The van der Waals surface area contributed by atoms with Crippen LogP contribution in [0.5, 0.6) is 5.75 Å². The van der Waals surface area contributed by atoms with Crippen LogP contribution in [0.3, 0.4) is 0 Å². The van der Waals surface area contributed by atoms with E-state index in [1.54, 1.807) is 36.4 Å². The molecule has 0 fully saturated rings. The van der Waals surface area contributed by atoms with E-state index in [1.165, 1.54) is 12.1 Å². The van der Waals surface area contributed by atoms with Crippen LogP contribution in [0.25, 0.3) is 0 Å². The summed E-state index contributed by atoms with van der Waals surface area (Å²) in [6.07, 6.45) is 0.134. The van der Waals surface area contributed by atoms with Crippen molar-refractivity contribution >= 4 is 27.7 Å². The minimum absolute atomic E-state index is 0.0609. The van der Waals surface area contributed by atoms with Gasteiger partial charge in [-0.2, -0.15) is 8.78 Å². The maximum absolute atomic E-state index is 12.1. The van der Waals surface area contributed by atoms with Crippen molar-refractivity contribution in [3.8, 4) is 5.75 Å². The molecule has 0 aliphatic rings. The number of carbonyl (C=O) groups is 2. The highest BCUT2D eigenvalue weighted by Gasteiger charge is 2.07. The Morgan fingerprint density at radius 3 is 2.27 bits per heavy atom. The minimum atomic E-state index is -2.87. The Labute approximate surface area is 157 Å². The topological polar surface area (TPSA) is 67.4 Å². The molecule has 2 N–H and O–H groups in total. The van der Waals surface area contributed by atoms with Crippen LogP contribution >= 0.6 is 15.9 Å². The highest BCUT2D eigenvalue weighted by molar-refractivity contribution is 9.10. The van der Waals surface area contributed by atoms with Crippen molar-refractivity contribution < 1.29 is 23.1 Å². The Balaban J connectivity index is 1.68. The van der Waals surface area contributed by atoms with Gasteiger partial charge in [0, 0.05) is 29.5 Å². The Morgan fingerprint density at radius 1 is 1.00 bits per heavy atom. The molecule has 2 amide bonds. The van der Waals surface area contributed by atoms with Gasteiger partial charge in [0.15, 0.2) is 0 Å². The van der Waals surface area contributed by atoms with Crippen LogP contribution in [0.15, 0.2) is 53.0 Å². The van der Waals surface area contributed by atoms with E-state index < -0.39 is 6.61 Å². The minimum Gasteiger partial charge on any atom is -0.435 e. The molecule has 0 radical (unpaired) electrons. The van der Waals surface area contributed by atoms with E-state index in [0.29, 0.717) is 5.56 Å². The first kappa shape index (κ1) is 19.8. The average Bonchev–Trinajstić information content (AvgIpc) is 2.61. The second kappa shape index (κ2) is 9.86. The number of benzene rings is 2. The molecule has 2 rings (SSSR count). The molecule has 0 heterocycles. The molecule has 0 atom stereocenters. The molecule has 5 nitrogen and oxygen atoms in total. The van der Waals surface area contributed by atoms with Crippen molar-refractivity contribution in [3.63, 3.8) is 0 Å². The quantitative estimate of drug-likeness (QED) is 0.678. The third kappa shape index (κ3) is 6.79. The van der Waals surface area contributed by atoms with Crippen LogP contribution in [0.1, 0.15) is 22.3 Å². The van der Waals surface area contributed by atoms with E-state index in [1.807, 2.05) is 0 Å². The Bertz CT molecular complexity index is 737. The first-order valence-electron chi connectivity index (χ1n) is 7.78. The van der Waals surface area contributed by atoms with Gasteiger partial charge in [0.2, 0.25) is 5.91 Å². The average molecular weight is 427 g/mol. The molecule has 0 aromatic heterocycles. The predicted octanol–water partition coefficient (Wildman–Crippen LogP) is 3.49. The van der Waals surface area contributed by atoms with Crippen molar-refractivity contribution in [1.29, 1.82) is 0 Å². The highest BCUT2D eigenvalue weighted by Crippen LogP contribution is 2.14. The number of carbonyl (C=O) groups excluding carboxylic acids is 2. The van der Waals surface area contributed by atoms with Crippen molar-refractivity contribution in [2.24, 2.45) is 0 Å². The first-order chi connectivity index (χ1) is 12.4. The molecule has 2 aromatic rings. The summed E-state index contributed by atoms with van der Waals surface area (Å²) in [5, 5.41) is 5.37. The molecule has 0 saturated carbocycles. The third-order valence-corrected chi connectivity index (χ3v) is 3.91. The summed E-state index contributed by atoms with van der Waals surface area (Å²) in [4.78, 5) is 23.7. The number of hydrogen-bond acceptors (Lipinski definition) is 3. The maximum atomic E-state index is 12.1. The van der Waals surface area contributed by atoms with Gasteiger partial charge in [-0.05, 0) is 42.0 Å². The zero-order valence-electron chi connectivity index (χ0n) is 13.7. The molecular formula is C18H17BrF2N2O3. The number of nitrogens with one attached hydrogen (secondary N) is 2. The number of amides is 2. The molecule has 138 valence electrons. The number of hydrogen-bond donors (Lipinski definition) is 2. The van der Waals surface area contributed by atoms with Crippen LogP contribution in [-0.2, 0) is 11.3 Å². The fourth-order valence-corrected chi connectivity index (χ4v) is 2.33. The van der Waals surface area contributed by atoms with Crippen LogP contribution in [-0.4, -0.2) is 25.0 Å². The van der Waals surface area contributed by atoms with Gasteiger partial charge in [0.05, 0.1) is 0 Å². The Morgan fingerprint density at radius 2 is 1.65 bits per heavy atom.